The van der Waals surface area contributed by atoms with E-state index in [4.69, 9.17) is 10.5 Å². The summed E-state index contributed by atoms with van der Waals surface area (Å²) in [5.74, 6) is 0.973. The Bertz CT molecular complexity index is 928. The molecule has 4 nitrogen and oxygen atoms in total. The molecule has 3 rings (SSSR count). The first-order valence-corrected chi connectivity index (χ1v) is 7.56. The number of aryl methyl sites for hydroxylation is 1. The van der Waals surface area contributed by atoms with Crippen molar-refractivity contribution in [3.63, 3.8) is 0 Å². The smallest absolute Gasteiger partial charge is 0.142 e. The van der Waals surface area contributed by atoms with Gasteiger partial charge in [0.25, 0.3) is 0 Å². The van der Waals surface area contributed by atoms with E-state index in [1.807, 2.05) is 61.5 Å². The van der Waals surface area contributed by atoms with Crippen molar-refractivity contribution >= 4 is 5.82 Å². The van der Waals surface area contributed by atoms with E-state index in [1.165, 1.54) is 0 Å². The Morgan fingerprint density at radius 2 is 1.67 bits per heavy atom. The van der Waals surface area contributed by atoms with Crippen LogP contribution in [0.4, 0.5) is 5.82 Å². The summed E-state index contributed by atoms with van der Waals surface area (Å²) in [5, 5.41) is 9.65. The summed E-state index contributed by atoms with van der Waals surface area (Å²) in [6.07, 6.45) is 0. The first-order valence-electron chi connectivity index (χ1n) is 7.56. The van der Waals surface area contributed by atoms with Crippen LogP contribution in [0, 0.1) is 18.3 Å². The van der Waals surface area contributed by atoms with Gasteiger partial charge in [-0.25, -0.2) is 4.98 Å². The van der Waals surface area contributed by atoms with Crippen molar-refractivity contribution in [2.45, 2.75) is 6.92 Å². The zero-order valence-corrected chi connectivity index (χ0v) is 13.6. The van der Waals surface area contributed by atoms with Crippen LogP contribution in [0.5, 0.6) is 5.75 Å². The second-order valence-corrected chi connectivity index (χ2v) is 5.39. The van der Waals surface area contributed by atoms with Gasteiger partial charge in [-0.15, -0.1) is 0 Å². The average Bonchev–Trinajstić information content (AvgIpc) is 2.62. The topological polar surface area (TPSA) is 71.9 Å². The number of nitrogen functional groups attached to an aromatic ring is 1. The third kappa shape index (κ3) is 2.57. The second-order valence-electron chi connectivity index (χ2n) is 5.39. The third-order valence-corrected chi connectivity index (χ3v) is 3.96. The van der Waals surface area contributed by atoms with Gasteiger partial charge in [0.2, 0.25) is 0 Å². The highest BCUT2D eigenvalue weighted by Gasteiger charge is 2.21. The van der Waals surface area contributed by atoms with Crippen molar-refractivity contribution in [2.75, 3.05) is 12.8 Å². The minimum absolute atomic E-state index is 0.243. The molecule has 2 N–H and O–H groups in total. The Labute approximate surface area is 141 Å². The number of methoxy groups -OCH3 is 1. The van der Waals surface area contributed by atoms with Crippen LogP contribution in [0.15, 0.2) is 54.6 Å². The first-order chi connectivity index (χ1) is 11.7. The van der Waals surface area contributed by atoms with E-state index < -0.39 is 0 Å². The number of aromatic nitrogens is 1. The Morgan fingerprint density at radius 3 is 2.33 bits per heavy atom. The van der Waals surface area contributed by atoms with Gasteiger partial charge < -0.3 is 10.5 Å². The van der Waals surface area contributed by atoms with Crippen molar-refractivity contribution < 1.29 is 4.74 Å². The lowest BCUT2D eigenvalue weighted by atomic mass is 9.90. The molecule has 0 amide bonds. The van der Waals surface area contributed by atoms with Crippen molar-refractivity contribution in [2.24, 2.45) is 0 Å². The summed E-state index contributed by atoms with van der Waals surface area (Å²) in [5.41, 5.74) is 10.6. The Morgan fingerprint density at radius 1 is 1.00 bits per heavy atom. The normalized spacial score (nSPS) is 10.2. The Hall–Kier alpha value is -3.32. The number of rotatable bonds is 3. The average molecular weight is 315 g/mol. The van der Waals surface area contributed by atoms with Crippen LogP contribution in [0.1, 0.15) is 11.3 Å². The van der Waals surface area contributed by atoms with E-state index in [2.05, 4.69) is 11.1 Å². The highest BCUT2D eigenvalue weighted by Crippen LogP contribution is 2.41. The van der Waals surface area contributed by atoms with Gasteiger partial charge in [-0.05, 0) is 18.6 Å². The number of anilines is 1. The maximum atomic E-state index is 9.65. The molecule has 0 aliphatic carbocycles. The molecule has 118 valence electrons. The van der Waals surface area contributed by atoms with E-state index in [0.29, 0.717) is 5.56 Å². The van der Waals surface area contributed by atoms with Gasteiger partial charge in [0.1, 0.15) is 23.2 Å². The fourth-order valence-electron chi connectivity index (χ4n) is 2.91. The lowest BCUT2D eigenvalue weighted by Gasteiger charge is -2.18. The molecule has 0 saturated heterocycles. The van der Waals surface area contributed by atoms with Gasteiger partial charge in [0, 0.05) is 22.4 Å². The summed E-state index contributed by atoms with van der Waals surface area (Å²) >= 11 is 0. The monoisotopic (exact) mass is 315 g/mol. The minimum Gasteiger partial charge on any atom is -0.496 e. The summed E-state index contributed by atoms with van der Waals surface area (Å²) in [6, 6.07) is 19.7. The summed E-state index contributed by atoms with van der Waals surface area (Å²) in [6.45, 7) is 1.89. The van der Waals surface area contributed by atoms with E-state index in [-0.39, 0.29) is 5.82 Å². The number of ether oxygens (including phenoxy) is 1. The zero-order chi connectivity index (χ0) is 17.1. The summed E-state index contributed by atoms with van der Waals surface area (Å²) in [7, 11) is 1.63. The molecule has 0 radical (unpaired) electrons. The summed E-state index contributed by atoms with van der Waals surface area (Å²) < 4.78 is 5.51. The molecular weight excluding hydrogens is 298 g/mol. The van der Waals surface area contributed by atoms with Crippen LogP contribution in [0.25, 0.3) is 22.3 Å². The molecule has 3 aromatic rings. The quantitative estimate of drug-likeness (QED) is 0.786. The number of pyridine rings is 1. The predicted octanol–water partition coefficient (Wildman–Crippen LogP) is 4.19. The molecule has 2 aromatic carbocycles. The number of hydrogen-bond acceptors (Lipinski definition) is 4. The first kappa shape index (κ1) is 15.6. The number of para-hydroxylation sites is 1. The molecule has 0 saturated carbocycles. The van der Waals surface area contributed by atoms with Crippen LogP contribution in [0.2, 0.25) is 0 Å². The molecule has 0 aliphatic rings. The lowest BCUT2D eigenvalue weighted by molar-refractivity contribution is 0.416. The molecule has 0 fully saturated rings. The van der Waals surface area contributed by atoms with Crippen molar-refractivity contribution in [1.82, 2.24) is 4.98 Å². The van der Waals surface area contributed by atoms with Crippen molar-refractivity contribution in [1.29, 1.82) is 5.26 Å². The molecular formula is C20H17N3O. The summed E-state index contributed by atoms with van der Waals surface area (Å²) in [4.78, 5) is 4.38. The van der Waals surface area contributed by atoms with Crippen molar-refractivity contribution in [3.8, 4) is 34.1 Å². The molecule has 1 aromatic heterocycles. The molecule has 1 heterocycles. The van der Waals surface area contributed by atoms with Gasteiger partial charge >= 0.3 is 0 Å². The SMILES string of the molecule is COc1ccccc1-c1c(C)nc(N)c(C#N)c1-c1ccccc1. The predicted molar refractivity (Wildman–Crippen MR) is 95.5 cm³/mol. The molecule has 0 bridgehead atoms. The Balaban J connectivity index is 2.44. The number of nitrogens with two attached hydrogens (primary N) is 1. The number of benzene rings is 2. The molecule has 0 aliphatic heterocycles. The Kier molecular flexibility index (Phi) is 4.17. The molecule has 0 atom stereocenters. The third-order valence-electron chi connectivity index (χ3n) is 3.96. The van der Waals surface area contributed by atoms with Gasteiger partial charge in [0.15, 0.2) is 0 Å². The van der Waals surface area contributed by atoms with E-state index in [9.17, 15) is 5.26 Å². The van der Waals surface area contributed by atoms with Gasteiger partial charge in [-0.1, -0.05) is 48.5 Å². The fourth-order valence-corrected chi connectivity index (χ4v) is 2.91. The van der Waals surface area contributed by atoms with Gasteiger partial charge in [-0.2, -0.15) is 5.26 Å². The van der Waals surface area contributed by atoms with Crippen LogP contribution in [-0.4, -0.2) is 12.1 Å². The number of nitriles is 1. The van der Waals surface area contributed by atoms with Gasteiger partial charge in [-0.3, -0.25) is 0 Å². The molecule has 0 spiro atoms. The van der Waals surface area contributed by atoms with Gasteiger partial charge in [0.05, 0.1) is 7.11 Å². The maximum absolute atomic E-state index is 9.65. The maximum Gasteiger partial charge on any atom is 0.142 e. The molecule has 4 heteroatoms. The molecule has 0 unspecified atom stereocenters. The largest absolute Gasteiger partial charge is 0.496 e. The van der Waals surface area contributed by atoms with Crippen molar-refractivity contribution in [3.05, 3.63) is 65.9 Å². The van der Waals surface area contributed by atoms with E-state index in [0.717, 1.165) is 33.7 Å². The van der Waals surface area contributed by atoms with Crippen LogP contribution in [0.3, 0.4) is 0 Å². The van der Waals surface area contributed by atoms with Crippen LogP contribution in [-0.2, 0) is 0 Å². The van der Waals surface area contributed by atoms with E-state index in [1.54, 1.807) is 7.11 Å². The standard InChI is InChI=1S/C20H17N3O/c1-13-18(15-10-6-7-11-17(15)24-2)19(14-8-4-3-5-9-14)16(12-21)20(22)23-13/h3-11H,1-2H3,(H2,22,23). The highest BCUT2D eigenvalue weighted by atomic mass is 16.5. The number of hydrogen-bond donors (Lipinski definition) is 1. The zero-order valence-electron chi connectivity index (χ0n) is 13.6. The van der Waals surface area contributed by atoms with E-state index >= 15 is 0 Å². The number of nitrogens with zero attached hydrogens (tertiary/aromatic N) is 2. The molecule has 24 heavy (non-hydrogen) atoms. The van der Waals surface area contributed by atoms with Crippen LogP contribution < -0.4 is 10.5 Å². The minimum atomic E-state index is 0.243. The highest BCUT2D eigenvalue weighted by molar-refractivity contribution is 5.92. The fraction of sp³-hybridized carbons (Fsp3) is 0.100. The van der Waals surface area contributed by atoms with Crippen LogP contribution >= 0.6 is 0 Å². The second kappa shape index (κ2) is 6.43. The lowest BCUT2D eigenvalue weighted by Crippen LogP contribution is -2.04.